The normalized spacial score (nSPS) is 15.7. The van der Waals surface area contributed by atoms with Crippen LogP contribution in [0.5, 0.6) is 11.5 Å². The van der Waals surface area contributed by atoms with Crippen LogP contribution in [0.3, 0.4) is 0 Å². The third kappa shape index (κ3) is 3.94. The molecular weight excluding hydrogens is 366 g/mol. The molecule has 0 aromatic heterocycles. The minimum absolute atomic E-state index is 0.0323. The zero-order valence-electron chi connectivity index (χ0n) is 16.6. The van der Waals surface area contributed by atoms with E-state index in [1.54, 1.807) is 25.0 Å². The van der Waals surface area contributed by atoms with Crippen molar-refractivity contribution in [2.45, 2.75) is 25.8 Å². The minimum Gasteiger partial charge on any atom is -0.497 e. The molecule has 3 aromatic carbocycles. The Balaban J connectivity index is 1.55. The Morgan fingerprint density at radius 1 is 1.00 bits per heavy atom. The summed E-state index contributed by atoms with van der Waals surface area (Å²) < 4.78 is 10.9. The average Bonchev–Trinajstić information content (AvgIpc) is 2.73. The van der Waals surface area contributed by atoms with Gasteiger partial charge in [-0.05, 0) is 52.6 Å². The maximum absolute atomic E-state index is 12.7. The third-order valence-corrected chi connectivity index (χ3v) is 5.43. The van der Waals surface area contributed by atoms with Crippen molar-refractivity contribution in [1.29, 1.82) is 0 Å². The highest BCUT2D eigenvalue weighted by Gasteiger charge is 2.31. The van der Waals surface area contributed by atoms with E-state index < -0.39 is 0 Å². The molecule has 1 aliphatic heterocycles. The molecule has 1 unspecified atom stereocenters. The molecule has 0 saturated carbocycles. The van der Waals surface area contributed by atoms with Crippen molar-refractivity contribution < 1.29 is 19.1 Å². The number of ether oxygens (including phenoxy) is 2. The fourth-order valence-electron chi connectivity index (χ4n) is 3.97. The number of rotatable bonds is 4. The Kier molecular flexibility index (Phi) is 5.21. The molecule has 5 heteroatoms. The molecule has 3 aromatic rings. The van der Waals surface area contributed by atoms with Gasteiger partial charge in [-0.3, -0.25) is 9.59 Å². The zero-order chi connectivity index (χ0) is 20.4. The number of carbonyl (C=O) groups excluding carboxylic acids is 2. The average molecular weight is 389 g/mol. The van der Waals surface area contributed by atoms with E-state index >= 15 is 0 Å². The lowest BCUT2D eigenvalue weighted by molar-refractivity contribution is -0.138. The molecule has 0 fully saturated rings. The van der Waals surface area contributed by atoms with Crippen molar-refractivity contribution in [1.82, 2.24) is 4.90 Å². The predicted molar refractivity (Wildman–Crippen MR) is 111 cm³/mol. The van der Waals surface area contributed by atoms with E-state index in [1.807, 2.05) is 48.5 Å². The zero-order valence-corrected chi connectivity index (χ0v) is 16.6. The fourth-order valence-corrected chi connectivity index (χ4v) is 3.97. The lowest BCUT2D eigenvalue weighted by atomic mass is 9.90. The van der Waals surface area contributed by atoms with Crippen molar-refractivity contribution >= 4 is 22.6 Å². The quantitative estimate of drug-likeness (QED) is 0.493. The second kappa shape index (κ2) is 7.95. The summed E-state index contributed by atoms with van der Waals surface area (Å²) in [5.41, 5.74) is 2.20. The molecule has 0 saturated heterocycles. The molecule has 0 radical (unpaired) electrons. The van der Waals surface area contributed by atoms with Crippen molar-refractivity contribution in [2.75, 3.05) is 13.7 Å². The maximum Gasteiger partial charge on any atom is 0.313 e. The van der Waals surface area contributed by atoms with E-state index in [9.17, 15) is 9.59 Å². The largest absolute Gasteiger partial charge is 0.497 e. The van der Waals surface area contributed by atoms with Crippen LogP contribution in [-0.4, -0.2) is 30.4 Å². The number of nitrogens with zero attached hydrogens (tertiary/aromatic N) is 1. The summed E-state index contributed by atoms with van der Waals surface area (Å²) in [6.45, 7) is 2.16. The lowest BCUT2D eigenvalue weighted by Gasteiger charge is -2.36. The summed E-state index contributed by atoms with van der Waals surface area (Å²) in [6, 6.07) is 19.0. The van der Waals surface area contributed by atoms with Gasteiger partial charge in [0, 0.05) is 13.5 Å². The van der Waals surface area contributed by atoms with Crippen LogP contribution in [0, 0.1) is 0 Å². The monoisotopic (exact) mass is 389 g/mol. The van der Waals surface area contributed by atoms with Gasteiger partial charge in [0.1, 0.15) is 11.5 Å². The van der Waals surface area contributed by atoms with E-state index in [4.69, 9.17) is 9.47 Å². The van der Waals surface area contributed by atoms with Crippen LogP contribution in [0.15, 0.2) is 60.7 Å². The molecule has 0 bridgehead atoms. The van der Waals surface area contributed by atoms with Crippen LogP contribution in [0.4, 0.5) is 0 Å². The lowest BCUT2D eigenvalue weighted by Crippen LogP contribution is -2.40. The standard InChI is InChI=1S/C24H23NO4/c1-16(26)25-12-11-18-5-3-4-6-22(18)23(25)15-24(27)29-21-10-8-17-7-9-20(28-2)13-19(17)14-21/h3-10,13-14,23H,11-12,15H2,1-2H3. The first-order chi connectivity index (χ1) is 14.0. The first kappa shape index (κ1) is 19.0. The van der Waals surface area contributed by atoms with Gasteiger partial charge in [-0.15, -0.1) is 0 Å². The van der Waals surface area contributed by atoms with Crippen molar-refractivity contribution in [2.24, 2.45) is 0 Å². The molecule has 0 aliphatic carbocycles. The van der Waals surface area contributed by atoms with Crippen LogP contribution in [0.2, 0.25) is 0 Å². The highest BCUT2D eigenvalue weighted by atomic mass is 16.5. The molecule has 1 heterocycles. The third-order valence-electron chi connectivity index (χ3n) is 5.43. The minimum atomic E-state index is -0.361. The van der Waals surface area contributed by atoms with E-state index in [1.165, 1.54) is 5.56 Å². The van der Waals surface area contributed by atoms with E-state index in [0.29, 0.717) is 12.3 Å². The first-order valence-corrected chi connectivity index (χ1v) is 9.68. The molecule has 1 amide bonds. The van der Waals surface area contributed by atoms with Gasteiger partial charge in [-0.1, -0.05) is 36.4 Å². The summed E-state index contributed by atoms with van der Waals surface area (Å²) in [4.78, 5) is 26.6. The Labute approximate surface area is 169 Å². The summed E-state index contributed by atoms with van der Waals surface area (Å²) in [5.74, 6) is 0.835. The summed E-state index contributed by atoms with van der Waals surface area (Å²) in [5, 5.41) is 1.97. The summed E-state index contributed by atoms with van der Waals surface area (Å²) in [7, 11) is 1.62. The number of esters is 1. The van der Waals surface area contributed by atoms with Crippen molar-refractivity contribution in [3.05, 3.63) is 71.8 Å². The smallest absolute Gasteiger partial charge is 0.313 e. The highest BCUT2D eigenvalue weighted by Crippen LogP contribution is 2.33. The van der Waals surface area contributed by atoms with Gasteiger partial charge in [0.15, 0.2) is 0 Å². The molecule has 29 heavy (non-hydrogen) atoms. The number of hydrogen-bond donors (Lipinski definition) is 0. The number of hydrogen-bond acceptors (Lipinski definition) is 4. The van der Waals surface area contributed by atoms with Gasteiger partial charge in [0.2, 0.25) is 5.91 Å². The second-order valence-electron chi connectivity index (χ2n) is 7.23. The van der Waals surface area contributed by atoms with Crippen LogP contribution in [-0.2, 0) is 16.0 Å². The van der Waals surface area contributed by atoms with Crippen LogP contribution < -0.4 is 9.47 Å². The van der Waals surface area contributed by atoms with Gasteiger partial charge in [-0.25, -0.2) is 0 Å². The summed E-state index contributed by atoms with van der Waals surface area (Å²) >= 11 is 0. The van der Waals surface area contributed by atoms with Crippen LogP contribution >= 0.6 is 0 Å². The van der Waals surface area contributed by atoms with Crippen molar-refractivity contribution in [3.63, 3.8) is 0 Å². The number of fused-ring (bicyclic) bond motifs is 2. The fraction of sp³-hybridized carbons (Fsp3) is 0.250. The van der Waals surface area contributed by atoms with Gasteiger partial charge in [-0.2, -0.15) is 0 Å². The molecule has 0 N–H and O–H groups in total. The Hall–Kier alpha value is -3.34. The molecule has 1 atom stereocenters. The van der Waals surface area contributed by atoms with Gasteiger partial charge in [0.05, 0.1) is 19.6 Å². The van der Waals surface area contributed by atoms with Gasteiger partial charge >= 0.3 is 5.97 Å². The molecule has 0 spiro atoms. The molecule has 4 rings (SSSR count). The predicted octanol–water partition coefficient (Wildman–Crippen LogP) is 4.29. The maximum atomic E-state index is 12.7. The van der Waals surface area contributed by atoms with E-state index in [-0.39, 0.29) is 24.3 Å². The van der Waals surface area contributed by atoms with Crippen LogP contribution in [0.1, 0.15) is 30.5 Å². The first-order valence-electron chi connectivity index (χ1n) is 9.68. The molecular formula is C24H23NO4. The van der Waals surface area contributed by atoms with Gasteiger partial charge < -0.3 is 14.4 Å². The Bertz CT molecular complexity index is 1080. The Morgan fingerprint density at radius 3 is 2.48 bits per heavy atom. The van der Waals surface area contributed by atoms with Crippen LogP contribution in [0.25, 0.3) is 10.8 Å². The van der Waals surface area contributed by atoms with E-state index in [2.05, 4.69) is 6.07 Å². The molecule has 148 valence electrons. The molecule has 1 aliphatic rings. The molecule has 5 nitrogen and oxygen atoms in total. The van der Waals surface area contributed by atoms with Crippen molar-refractivity contribution in [3.8, 4) is 11.5 Å². The second-order valence-corrected chi connectivity index (χ2v) is 7.23. The Morgan fingerprint density at radius 2 is 1.72 bits per heavy atom. The number of methoxy groups -OCH3 is 1. The highest BCUT2D eigenvalue weighted by molar-refractivity contribution is 5.86. The topological polar surface area (TPSA) is 55.8 Å². The SMILES string of the molecule is COc1ccc2ccc(OC(=O)CC3c4ccccc4CCN3C(C)=O)cc2c1. The van der Waals surface area contributed by atoms with Gasteiger partial charge in [0.25, 0.3) is 0 Å². The number of amides is 1. The summed E-state index contributed by atoms with van der Waals surface area (Å²) in [6.07, 6.45) is 0.917. The number of carbonyl (C=O) groups is 2. The number of benzene rings is 3. The van der Waals surface area contributed by atoms with E-state index in [0.717, 1.165) is 28.5 Å².